The molecule has 0 radical (unpaired) electrons. The first kappa shape index (κ1) is 94.1. The lowest BCUT2D eigenvalue weighted by atomic mass is 9.78. The SMILES string of the molecule is Cc1ccc(C[C@H](CC(=O)[C@H](CCCCC(=N)N)C(C)C(=O)[C@H](C)NC(=O)C[C@@H](CC(=O)[C@H](CCCCNC(=O)COCCOCCCC(=O)COCCOCCNC(=O)CC[C@H](NC(=O)CCCCCCCCCCCCCCCS(=O)(=O)O)C(=O)O)CC(=O)CC(C)C)C(=O)O)C(N)=O)cc1.[HH].[HH]. The highest BCUT2D eigenvalue weighted by Crippen LogP contribution is 2.28. The van der Waals surface area contributed by atoms with E-state index in [-0.39, 0.29) is 180 Å². The van der Waals surface area contributed by atoms with Crippen LogP contribution in [0.2, 0.25) is 0 Å². The monoisotopic (exact) mass is 1480 g/mol. The first-order chi connectivity index (χ1) is 48.9. The Morgan fingerprint density at radius 1 is 0.495 bits per heavy atom. The van der Waals surface area contributed by atoms with Crippen molar-refractivity contribution in [3.05, 3.63) is 35.4 Å². The van der Waals surface area contributed by atoms with Crippen LogP contribution in [0.1, 0.15) is 234 Å². The Morgan fingerprint density at radius 2 is 1.05 bits per heavy atom. The van der Waals surface area contributed by atoms with Crippen LogP contribution >= 0.6 is 0 Å². The number of carboxylic acid groups (broad SMARTS) is 2. The van der Waals surface area contributed by atoms with Crippen molar-refractivity contribution in [2.45, 2.75) is 246 Å². The molecule has 1 rings (SSSR count). The number of aliphatic carboxylic acids is 2. The van der Waals surface area contributed by atoms with Crippen LogP contribution in [-0.2, 0) is 93.0 Å². The Bertz CT molecular complexity index is 2870. The number of ether oxygens (including phenoxy) is 4. The number of hydrogen-bond acceptors (Lipinski definition) is 19. The summed E-state index contributed by atoms with van der Waals surface area (Å²) < 4.78 is 52.0. The summed E-state index contributed by atoms with van der Waals surface area (Å²) in [5.74, 6) is -12.2. The summed E-state index contributed by atoms with van der Waals surface area (Å²) >= 11 is 0. The van der Waals surface area contributed by atoms with Crippen molar-refractivity contribution in [2.75, 3.05) is 71.7 Å². The van der Waals surface area contributed by atoms with Gasteiger partial charge in [-0.15, -0.1) is 0 Å². The van der Waals surface area contributed by atoms with E-state index >= 15 is 0 Å². The normalized spacial score (nSPS) is 13.5. The van der Waals surface area contributed by atoms with Crippen molar-refractivity contribution >= 4 is 86.3 Å². The average Bonchev–Trinajstić information content (AvgIpc) is 0.867. The number of nitrogens with one attached hydrogen (secondary N) is 5. The fourth-order valence-electron chi connectivity index (χ4n) is 11.8. The molecule has 7 atom stereocenters. The molecular formula is C74H127N7O21S. The van der Waals surface area contributed by atoms with Gasteiger partial charge in [-0.3, -0.25) is 62.7 Å². The van der Waals surface area contributed by atoms with Crippen molar-refractivity contribution in [1.82, 2.24) is 21.3 Å². The first-order valence-corrected chi connectivity index (χ1v) is 38.6. The fraction of sp³-hybridized carbons (Fsp3) is 0.743. The molecule has 29 heteroatoms. The summed E-state index contributed by atoms with van der Waals surface area (Å²) in [6.07, 6.45) is 14.4. The fourth-order valence-corrected chi connectivity index (χ4v) is 12.3. The number of carbonyl (C=O) groups is 12. The lowest BCUT2D eigenvalue weighted by Crippen LogP contribution is -2.44. The molecule has 28 nitrogen and oxygen atoms in total. The molecule has 0 saturated carbocycles. The van der Waals surface area contributed by atoms with Gasteiger partial charge < -0.3 is 61.9 Å². The highest BCUT2D eigenvalue weighted by Gasteiger charge is 2.36. The molecule has 0 aromatic heterocycles. The van der Waals surface area contributed by atoms with Gasteiger partial charge in [0.1, 0.15) is 36.6 Å². The third kappa shape index (κ3) is 50.2. The van der Waals surface area contributed by atoms with Gasteiger partial charge in [0.25, 0.3) is 10.1 Å². The number of nitrogens with two attached hydrogens (primary N) is 2. The number of amidine groups is 1. The van der Waals surface area contributed by atoms with E-state index in [1.807, 2.05) is 45.0 Å². The topological polar surface area (TPSA) is 461 Å². The molecule has 103 heavy (non-hydrogen) atoms. The number of primary amides is 1. The molecule has 0 heterocycles. The predicted octanol–water partition coefficient (Wildman–Crippen LogP) is 8.10. The van der Waals surface area contributed by atoms with E-state index in [1.54, 1.807) is 6.92 Å². The number of unbranched alkanes of at least 4 members (excludes halogenated alkanes) is 14. The van der Waals surface area contributed by atoms with Gasteiger partial charge in [-0.05, 0) is 83.1 Å². The number of benzene rings is 1. The van der Waals surface area contributed by atoms with Crippen molar-refractivity contribution in [3.63, 3.8) is 0 Å². The van der Waals surface area contributed by atoms with Gasteiger partial charge in [0.05, 0.1) is 56.6 Å². The van der Waals surface area contributed by atoms with Gasteiger partial charge >= 0.3 is 11.9 Å². The van der Waals surface area contributed by atoms with Crippen LogP contribution in [-0.4, -0.2) is 183 Å². The number of hydrogen-bond donors (Lipinski definition) is 10. The quantitative estimate of drug-likeness (QED) is 0.0127. The highest BCUT2D eigenvalue weighted by molar-refractivity contribution is 7.85. The summed E-state index contributed by atoms with van der Waals surface area (Å²) in [4.78, 5) is 155. The number of Topliss-reactive ketones (excluding diaryl/α,β-unsaturated/α-hetero) is 5. The highest BCUT2D eigenvalue weighted by atomic mass is 32.2. The largest absolute Gasteiger partial charge is 0.481 e. The molecule has 5 amide bonds. The second kappa shape index (κ2) is 56.5. The maximum absolute atomic E-state index is 14.0. The van der Waals surface area contributed by atoms with Crippen molar-refractivity contribution in [2.24, 2.45) is 47.0 Å². The maximum Gasteiger partial charge on any atom is 0.326 e. The van der Waals surface area contributed by atoms with Gasteiger partial charge in [0, 0.05) is 104 Å². The zero-order chi connectivity index (χ0) is 77.0. The zero-order valence-electron chi connectivity index (χ0n) is 61.9. The minimum absolute atomic E-state index is 0. The molecule has 0 fully saturated rings. The van der Waals surface area contributed by atoms with E-state index in [2.05, 4.69) is 21.3 Å². The van der Waals surface area contributed by atoms with E-state index in [1.165, 1.54) is 6.92 Å². The maximum atomic E-state index is 14.0. The molecule has 12 N–H and O–H groups in total. The molecule has 1 aromatic carbocycles. The Balaban J connectivity index is 0. The third-order valence-electron chi connectivity index (χ3n) is 17.7. The number of ketones is 5. The summed E-state index contributed by atoms with van der Waals surface area (Å²) in [5, 5.41) is 37.8. The third-order valence-corrected chi connectivity index (χ3v) is 18.5. The lowest BCUT2D eigenvalue weighted by molar-refractivity contribution is -0.146. The number of amides is 5. The molecule has 0 aliphatic heterocycles. The standard InChI is InChI=1S/C74H123N7O21S.2H2/c1-52(2)44-61(83)46-57(64(84)48-59(73(92)93)49-69(88)80-55(5)71(90)54(4)62(26-18-19-27-66(75)76)65(85)47-58(72(77)91)45-56-31-29-53(3)30-32-56)24-20-21-35-78-70(89)51-102-42-39-99-37-23-25-60(82)50-101-41-40-100-38-36-79-67(86)34-33-63(74(94)95)81-68(87)28-17-15-13-11-9-7-6-8-10-12-14-16-22-43-103(96,97)98;;/h29-32,52,54-55,57-59,62-63H,6-28,33-51H2,1-5H3,(H3,75,76)(H2,77,91)(H,78,89)(H,79,86)(H,80,88)(H,81,87)(H,92,93)(H,94,95)(H,96,97,98);2*1H/t54?,55-,57+,58+,59+,62+,63-;;/m0../s1. The smallest absolute Gasteiger partial charge is 0.326 e. The van der Waals surface area contributed by atoms with Crippen molar-refractivity contribution in [3.8, 4) is 0 Å². The zero-order valence-corrected chi connectivity index (χ0v) is 62.7. The Kier molecular flexibility index (Phi) is 51.6. The van der Waals surface area contributed by atoms with Gasteiger partial charge in [-0.1, -0.05) is 134 Å². The van der Waals surface area contributed by atoms with Crippen LogP contribution in [0.5, 0.6) is 0 Å². The van der Waals surface area contributed by atoms with Crippen LogP contribution in [0, 0.1) is 47.8 Å². The van der Waals surface area contributed by atoms with Crippen molar-refractivity contribution < 1.29 is 103 Å². The Morgan fingerprint density at radius 3 is 1.63 bits per heavy atom. The molecule has 0 spiro atoms. The van der Waals surface area contributed by atoms with E-state index in [0.29, 0.717) is 44.9 Å². The molecule has 590 valence electrons. The summed E-state index contributed by atoms with van der Waals surface area (Å²) in [5.41, 5.74) is 13.1. The van der Waals surface area contributed by atoms with E-state index in [0.717, 1.165) is 81.8 Å². The molecule has 1 unspecified atom stereocenters. The second-order valence-corrected chi connectivity index (χ2v) is 29.1. The molecule has 0 saturated heterocycles. The second-order valence-electron chi connectivity index (χ2n) is 27.6. The van der Waals surface area contributed by atoms with E-state index < -0.39 is 112 Å². The van der Waals surface area contributed by atoms with Crippen LogP contribution in [0.15, 0.2) is 24.3 Å². The average molecular weight is 1480 g/mol. The van der Waals surface area contributed by atoms with Gasteiger partial charge in [-0.25, -0.2) is 4.79 Å². The Labute approximate surface area is 612 Å². The molecule has 0 bridgehead atoms. The lowest BCUT2D eigenvalue weighted by Gasteiger charge is -2.26. The van der Waals surface area contributed by atoms with Crippen LogP contribution < -0.4 is 32.7 Å². The van der Waals surface area contributed by atoms with E-state index in [4.69, 9.17) is 40.4 Å². The van der Waals surface area contributed by atoms with Gasteiger partial charge in [-0.2, -0.15) is 8.42 Å². The van der Waals surface area contributed by atoms with Crippen LogP contribution in [0.3, 0.4) is 0 Å². The van der Waals surface area contributed by atoms with Crippen LogP contribution in [0.25, 0.3) is 0 Å². The number of carbonyl (C=O) groups excluding carboxylic acids is 10. The van der Waals surface area contributed by atoms with Crippen molar-refractivity contribution in [1.29, 1.82) is 5.41 Å². The molecular weight excluding hydrogens is 1350 g/mol. The van der Waals surface area contributed by atoms with E-state index in [9.17, 15) is 76.2 Å². The number of rotatable bonds is 68. The molecule has 0 aliphatic carbocycles. The first-order valence-electron chi connectivity index (χ1n) is 37.0. The minimum Gasteiger partial charge on any atom is -0.481 e. The summed E-state index contributed by atoms with van der Waals surface area (Å²) in [6, 6.07) is 5.10. The van der Waals surface area contributed by atoms with Gasteiger partial charge in [0.2, 0.25) is 29.5 Å². The molecule has 0 aliphatic rings. The summed E-state index contributed by atoms with van der Waals surface area (Å²) in [6.45, 7) is 9.63. The van der Waals surface area contributed by atoms with Gasteiger partial charge in [0.15, 0.2) is 11.6 Å². The van der Waals surface area contributed by atoms with Crippen LogP contribution in [0.4, 0.5) is 0 Å². The predicted molar refractivity (Wildman–Crippen MR) is 392 cm³/mol. The number of carboxylic acids is 2. The number of aryl methyl sites for hydroxylation is 1. The Hall–Kier alpha value is -6.92. The minimum atomic E-state index is -3.87. The summed E-state index contributed by atoms with van der Waals surface area (Å²) in [7, 11) is -3.87. The molecule has 1 aromatic rings.